The van der Waals surface area contributed by atoms with Crippen molar-refractivity contribution in [2.75, 3.05) is 23.7 Å². The van der Waals surface area contributed by atoms with Crippen molar-refractivity contribution < 1.29 is 9.53 Å². The van der Waals surface area contributed by atoms with E-state index in [0.29, 0.717) is 29.5 Å². The lowest BCUT2D eigenvalue weighted by Crippen LogP contribution is -2.43. The minimum absolute atomic E-state index is 0.172. The predicted octanol–water partition coefficient (Wildman–Crippen LogP) is 2.45. The Morgan fingerprint density at radius 3 is 2.92 bits per heavy atom. The fraction of sp³-hybridized carbons (Fsp3) is 0.389. The van der Waals surface area contributed by atoms with E-state index in [-0.39, 0.29) is 5.78 Å². The summed E-state index contributed by atoms with van der Waals surface area (Å²) in [6, 6.07) is 9.20. The van der Waals surface area contributed by atoms with Crippen molar-refractivity contribution in [1.82, 2.24) is 9.97 Å². The van der Waals surface area contributed by atoms with Gasteiger partial charge in [0.15, 0.2) is 5.78 Å². The first-order chi connectivity index (χ1) is 11.7. The summed E-state index contributed by atoms with van der Waals surface area (Å²) in [7, 11) is 0. The van der Waals surface area contributed by atoms with Crippen LogP contribution >= 0.6 is 0 Å². The number of carbonyl (C=O) groups is 1. The summed E-state index contributed by atoms with van der Waals surface area (Å²) >= 11 is 0. The first kappa shape index (κ1) is 14.9. The van der Waals surface area contributed by atoms with Crippen LogP contribution in [0, 0.1) is 0 Å². The number of Topliss-reactive ketones (excluding diaryl/α,β-unsaturated/α-hetero) is 1. The maximum Gasteiger partial charge on any atom is 0.227 e. The van der Waals surface area contributed by atoms with Gasteiger partial charge < -0.3 is 15.4 Å². The summed E-state index contributed by atoms with van der Waals surface area (Å²) in [5.74, 6) is 2.00. The molecule has 6 heteroatoms. The highest BCUT2D eigenvalue weighted by Gasteiger charge is 2.41. The van der Waals surface area contributed by atoms with Crippen LogP contribution in [-0.2, 0) is 0 Å². The molecule has 3 heterocycles. The van der Waals surface area contributed by atoms with Gasteiger partial charge in [-0.05, 0) is 31.0 Å². The predicted molar refractivity (Wildman–Crippen MR) is 91.3 cm³/mol. The van der Waals surface area contributed by atoms with Crippen LogP contribution in [0.5, 0.6) is 5.75 Å². The monoisotopic (exact) mass is 324 g/mol. The third-order valence-corrected chi connectivity index (χ3v) is 4.84. The molecule has 1 unspecified atom stereocenters. The van der Waals surface area contributed by atoms with E-state index < -0.39 is 5.60 Å². The van der Waals surface area contributed by atoms with Crippen molar-refractivity contribution >= 4 is 17.5 Å². The SMILES string of the molecule is Nc1ccnc(N2CCCC3(CC2)CC(=O)c2ccccc2O3)n1. The average molecular weight is 324 g/mol. The molecule has 0 saturated carbocycles. The second-order valence-corrected chi connectivity index (χ2v) is 6.50. The molecule has 0 bridgehead atoms. The molecule has 24 heavy (non-hydrogen) atoms. The summed E-state index contributed by atoms with van der Waals surface area (Å²) < 4.78 is 6.31. The molecule has 0 radical (unpaired) electrons. The van der Waals surface area contributed by atoms with Gasteiger partial charge in [-0.15, -0.1) is 0 Å². The van der Waals surface area contributed by atoms with Gasteiger partial charge in [0.2, 0.25) is 5.95 Å². The number of hydrogen-bond acceptors (Lipinski definition) is 6. The molecule has 4 rings (SSSR count). The zero-order chi connectivity index (χ0) is 16.6. The van der Waals surface area contributed by atoms with Gasteiger partial charge in [0.05, 0.1) is 12.0 Å². The van der Waals surface area contributed by atoms with Crippen LogP contribution in [0.3, 0.4) is 0 Å². The molecule has 2 N–H and O–H groups in total. The molecule has 6 nitrogen and oxygen atoms in total. The van der Waals surface area contributed by atoms with Crippen LogP contribution in [0.15, 0.2) is 36.5 Å². The lowest BCUT2D eigenvalue weighted by atomic mass is 9.84. The number of anilines is 2. The molecule has 1 saturated heterocycles. The molecule has 1 atom stereocenters. The summed E-state index contributed by atoms with van der Waals surface area (Å²) in [5, 5.41) is 0. The fourth-order valence-electron chi connectivity index (χ4n) is 3.60. The minimum Gasteiger partial charge on any atom is -0.486 e. The maximum atomic E-state index is 12.5. The molecule has 124 valence electrons. The van der Waals surface area contributed by atoms with E-state index in [1.54, 1.807) is 12.3 Å². The molecule has 0 amide bonds. The Morgan fingerprint density at radius 1 is 1.17 bits per heavy atom. The smallest absolute Gasteiger partial charge is 0.227 e. The van der Waals surface area contributed by atoms with Crippen LogP contribution in [0.25, 0.3) is 0 Å². The number of benzene rings is 1. The van der Waals surface area contributed by atoms with Gasteiger partial charge >= 0.3 is 0 Å². The van der Waals surface area contributed by atoms with Gasteiger partial charge in [-0.2, -0.15) is 4.98 Å². The Kier molecular flexibility index (Phi) is 3.59. The van der Waals surface area contributed by atoms with E-state index in [1.807, 2.05) is 24.3 Å². The van der Waals surface area contributed by atoms with E-state index in [2.05, 4.69) is 14.9 Å². The number of ether oxygens (including phenoxy) is 1. The zero-order valence-corrected chi connectivity index (χ0v) is 13.4. The van der Waals surface area contributed by atoms with Crippen molar-refractivity contribution in [1.29, 1.82) is 0 Å². The largest absolute Gasteiger partial charge is 0.486 e. The molecule has 1 aromatic carbocycles. The van der Waals surface area contributed by atoms with E-state index >= 15 is 0 Å². The van der Waals surface area contributed by atoms with Gasteiger partial charge in [0.25, 0.3) is 0 Å². The van der Waals surface area contributed by atoms with Crippen LogP contribution in [-0.4, -0.2) is 34.4 Å². The molecular formula is C18H20N4O2. The number of hydrogen-bond donors (Lipinski definition) is 1. The number of rotatable bonds is 1. The lowest BCUT2D eigenvalue weighted by molar-refractivity contribution is 0.0323. The number of para-hydroxylation sites is 1. The normalized spacial score (nSPS) is 23.5. The number of nitrogens with zero attached hydrogens (tertiary/aromatic N) is 3. The van der Waals surface area contributed by atoms with E-state index in [1.165, 1.54) is 0 Å². The topological polar surface area (TPSA) is 81.3 Å². The van der Waals surface area contributed by atoms with Crippen molar-refractivity contribution in [3.8, 4) is 5.75 Å². The Bertz CT molecular complexity index is 779. The third kappa shape index (κ3) is 2.68. The molecule has 2 aliphatic rings. The molecule has 2 aromatic rings. The number of aromatic nitrogens is 2. The van der Waals surface area contributed by atoms with Gasteiger partial charge in [-0.3, -0.25) is 4.79 Å². The van der Waals surface area contributed by atoms with Crippen LogP contribution in [0.2, 0.25) is 0 Å². The summed E-state index contributed by atoms with van der Waals surface area (Å²) in [6.45, 7) is 1.59. The van der Waals surface area contributed by atoms with Crippen LogP contribution in [0.4, 0.5) is 11.8 Å². The van der Waals surface area contributed by atoms with Gasteiger partial charge in [-0.1, -0.05) is 12.1 Å². The average Bonchev–Trinajstić information content (AvgIpc) is 2.77. The highest BCUT2D eigenvalue weighted by molar-refractivity contribution is 6.00. The Morgan fingerprint density at radius 2 is 2.04 bits per heavy atom. The second-order valence-electron chi connectivity index (χ2n) is 6.50. The molecule has 1 spiro atoms. The summed E-state index contributed by atoms with van der Waals surface area (Å²) in [6.07, 6.45) is 4.66. The van der Waals surface area contributed by atoms with Crippen molar-refractivity contribution in [3.63, 3.8) is 0 Å². The zero-order valence-electron chi connectivity index (χ0n) is 13.4. The first-order valence-electron chi connectivity index (χ1n) is 8.30. The first-order valence-corrected chi connectivity index (χ1v) is 8.30. The second kappa shape index (κ2) is 5.78. The van der Waals surface area contributed by atoms with E-state index in [4.69, 9.17) is 10.5 Å². The number of nitrogen functional groups attached to an aromatic ring is 1. The van der Waals surface area contributed by atoms with E-state index in [0.717, 1.165) is 32.4 Å². The Labute approximate surface area is 140 Å². The number of fused-ring (bicyclic) bond motifs is 1. The molecule has 0 aliphatic carbocycles. The lowest BCUT2D eigenvalue weighted by Gasteiger charge is -2.37. The highest BCUT2D eigenvalue weighted by Crippen LogP contribution is 2.39. The molecule has 2 aliphatic heterocycles. The van der Waals surface area contributed by atoms with Crippen LogP contribution in [0.1, 0.15) is 36.0 Å². The quantitative estimate of drug-likeness (QED) is 0.868. The third-order valence-electron chi connectivity index (χ3n) is 4.84. The Hall–Kier alpha value is -2.63. The number of carbonyl (C=O) groups excluding carboxylic acids is 1. The highest BCUT2D eigenvalue weighted by atomic mass is 16.5. The molecule has 1 aromatic heterocycles. The Balaban J connectivity index is 1.56. The fourth-order valence-corrected chi connectivity index (χ4v) is 3.60. The summed E-state index contributed by atoms with van der Waals surface area (Å²) in [4.78, 5) is 23.3. The van der Waals surface area contributed by atoms with Crippen molar-refractivity contribution in [3.05, 3.63) is 42.1 Å². The minimum atomic E-state index is -0.416. The van der Waals surface area contributed by atoms with Gasteiger partial charge in [0, 0.05) is 25.7 Å². The van der Waals surface area contributed by atoms with Crippen molar-refractivity contribution in [2.45, 2.75) is 31.3 Å². The maximum absolute atomic E-state index is 12.5. The van der Waals surface area contributed by atoms with Crippen LogP contribution < -0.4 is 15.4 Å². The number of ketones is 1. The van der Waals surface area contributed by atoms with Gasteiger partial charge in [0.1, 0.15) is 17.2 Å². The summed E-state index contributed by atoms with van der Waals surface area (Å²) in [5.41, 5.74) is 6.05. The standard InChI is InChI=1S/C18H20N4O2/c19-16-6-9-20-17(21-16)22-10-3-7-18(8-11-22)12-14(23)13-4-1-2-5-15(13)24-18/h1-2,4-6,9H,3,7-8,10-12H2,(H2,19,20,21). The van der Waals surface area contributed by atoms with Crippen molar-refractivity contribution in [2.24, 2.45) is 0 Å². The molecular weight excluding hydrogens is 304 g/mol. The van der Waals surface area contributed by atoms with E-state index in [9.17, 15) is 4.79 Å². The van der Waals surface area contributed by atoms with Gasteiger partial charge in [-0.25, -0.2) is 4.98 Å². The number of nitrogens with two attached hydrogens (primary N) is 1. The molecule has 1 fully saturated rings.